The number of nitrogens with zero attached hydrogens (tertiary/aromatic N) is 2. The van der Waals surface area contributed by atoms with Crippen molar-refractivity contribution in [3.05, 3.63) is 0 Å². The van der Waals surface area contributed by atoms with Gasteiger partial charge in [-0.05, 0) is 12.8 Å². The van der Waals surface area contributed by atoms with Crippen molar-refractivity contribution < 1.29 is 15.0 Å². The molecule has 0 bridgehead atoms. The number of carbonyl (C=O) groups is 1. The molecule has 0 unspecified atom stereocenters. The Morgan fingerprint density at radius 3 is 2.79 bits per heavy atom. The van der Waals surface area contributed by atoms with Crippen LogP contribution in [0.1, 0.15) is 12.8 Å². The van der Waals surface area contributed by atoms with Gasteiger partial charge < -0.3 is 15.1 Å². The van der Waals surface area contributed by atoms with Crippen LogP contribution in [0, 0.1) is 0 Å². The fraction of sp³-hybridized carbons (Fsp3) is 0.889. The molecule has 0 radical (unpaired) electrons. The molecule has 5 heteroatoms. The maximum absolute atomic E-state index is 10.8. The highest BCUT2D eigenvalue weighted by Gasteiger charge is 2.34. The Labute approximate surface area is 82.9 Å². The van der Waals surface area contributed by atoms with E-state index < -0.39 is 6.09 Å². The molecule has 2 aliphatic heterocycles. The maximum atomic E-state index is 10.8. The standard InChI is InChI=1S/C9H16N2O3/c12-8-4-7-5-11(9(13)14)3-1-2-10(7)6-8/h7-8,12H,1-6H2,(H,13,14)/t7-,8+/m0/s1. The zero-order valence-corrected chi connectivity index (χ0v) is 8.09. The van der Waals surface area contributed by atoms with Gasteiger partial charge in [-0.15, -0.1) is 0 Å². The predicted molar refractivity (Wildman–Crippen MR) is 50.2 cm³/mol. The van der Waals surface area contributed by atoms with Gasteiger partial charge in [0.05, 0.1) is 6.10 Å². The lowest BCUT2D eigenvalue weighted by Crippen LogP contribution is -2.38. The van der Waals surface area contributed by atoms with Gasteiger partial charge in [0.25, 0.3) is 0 Å². The maximum Gasteiger partial charge on any atom is 0.407 e. The molecule has 2 fully saturated rings. The van der Waals surface area contributed by atoms with Gasteiger partial charge in [0.15, 0.2) is 0 Å². The lowest BCUT2D eigenvalue weighted by Gasteiger charge is -2.23. The molecule has 2 N–H and O–H groups in total. The molecule has 2 heterocycles. The Morgan fingerprint density at radius 2 is 2.07 bits per heavy atom. The summed E-state index contributed by atoms with van der Waals surface area (Å²) in [6.45, 7) is 2.79. The topological polar surface area (TPSA) is 64.0 Å². The number of aliphatic hydroxyl groups excluding tert-OH is 1. The highest BCUT2D eigenvalue weighted by Crippen LogP contribution is 2.21. The first-order valence-electron chi connectivity index (χ1n) is 5.07. The van der Waals surface area contributed by atoms with Crippen molar-refractivity contribution in [1.82, 2.24) is 9.80 Å². The summed E-state index contributed by atoms with van der Waals surface area (Å²) in [5.74, 6) is 0. The third-order valence-electron chi connectivity index (χ3n) is 3.08. The third-order valence-corrected chi connectivity index (χ3v) is 3.08. The van der Waals surface area contributed by atoms with Crippen LogP contribution in [0.25, 0.3) is 0 Å². The molecule has 0 aliphatic carbocycles. The number of rotatable bonds is 0. The van der Waals surface area contributed by atoms with Crippen LogP contribution in [-0.4, -0.2) is 64.4 Å². The summed E-state index contributed by atoms with van der Waals surface area (Å²) < 4.78 is 0. The normalized spacial score (nSPS) is 33.9. The van der Waals surface area contributed by atoms with Gasteiger partial charge in [-0.25, -0.2) is 4.79 Å². The van der Waals surface area contributed by atoms with Gasteiger partial charge in [0.2, 0.25) is 0 Å². The molecular weight excluding hydrogens is 184 g/mol. The molecule has 0 spiro atoms. The zero-order valence-electron chi connectivity index (χ0n) is 8.09. The molecule has 0 saturated carbocycles. The number of fused-ring (bicyclic) bond motifs is 1. The third kappa shape index (κ3) is 1.83. The predicted octanol–water partition coefficient (Wildman–Crippen LogP) is -0.195. The number of hydrogen-bond donors (Lipinski definition) is 2. The lowest BCUT2D eigenvalue weighted by atomic mass is 10.2. The quantitative estimate of drug-likeness (QED) is 0.568. The highest BCUT2D eigenvalue weighted by atomic mass is 16.4. The molecule has 1 amide bonds. The number of carboxylic acid groups (broad SMARTS) is 1. The molecule has 5 nitrogen and oxygen atoms in total. The Morgan fingerprint density at radius 1 is 1.29 bits per heavy atom. The monoisotopic (exact) mass is 200 g/mol. The summed E-state index contributed by atoms with van der Waals surface area (Å²) in [5, 5.41) is 18.4. The van der Waals surface area contributed by atoms with E-state index in [-0.39, 0.29) is 12.1 Å². The number of hydrogen-bond acceptors (Lipinski definition) is 3. The smallest absolute Gasteiger partial charge is 0.407 e. The van der Waals surface area contributed by atoms with Crippen molar-refractivity contribution >= 4 is 6.09 Å². The van der Waals surface area contributed by atoms with E-state index in [0.29, 0.717) is 26.1 Å². The molecule has 2 aliphatic rings. The first kappa shape index (κ1) is 9.73. The molecule has 2 atom stereocenters. The number of amides is 1. The Kier molecular flexibility index (Phi) is 2.60. The summed E-state index contributed by atoms with van der Waals surface area (Å²) in [6, 6.07) is 0.226. The van der Waals surface area contributed by atoms with Crippen LogP contribution < -0.4 is 0 Å². The van der Waals surface area contributed by atoms with Gasteiger partial charge in [-0.3, -0.25) is 4.90 Å². The van der Waals surface area contributed by atoms with Crippen molar-refractivity contribution in [2.24, 2.45) is 0 Å². The van der Waals surface area contributed by atoms with Gasteiger partial charge in [-0.2, -0.15) is 0 Å². The van der Waals surface area contributed by atoms with Gasteiger partial charge in [0.1, 0.15) is 0 Å². The van der Waals surface area contributed by atoms with Crippen LogP contribution in [0.5, 0.6) is 0 Å². The van der Waals surface area contributed by atoms with E-state index in [0.717, 1.165) is 13.0 Å². The number of aliphatic hydroxyl groups is 1. The van der Waals surface area contributed by atoms with Gasteiger partial charge >= 0.3 is 6.09 Å². The first-order valence-corrected chi connectivity index (χ1v) is 5.07. The molecule has 80 valence electrons. The molecule has 2 rings (SSSR count). The minimum Gasteiger partial charge on any atom is -0.465 e. The SMILES string of the molecule is O=C(O)N1CCCN2C[C@H](O)C[C@H]2C1. The highest BCUT2D eigenvalue weighted by molar-refractivity contribution is 5.65. The van der Waals surface area contributed by atoms with Crippen molar-refractivity contribution in [2.45, 2.75) is 25.0 Å². The molecule has 0 aromatic heterocycles. The summed E-state index contributed by atoms with van der Waals surface area (Å²) in [6.07, 6.45) is 0.473. The van der Waals surface area contributed by atoms with Crippen LogP contribution in [-0.2, 0) is 0 Å². The van der Waals surface area contributed by atoms with Crippen LogP contribution in [0.15, 0.2) is 0 Å². The molecule has 14 heavy (non-hydrogen) atoms. The largest absolute Gasteiger partial charge is 0.465 e. The van der Waals surface area contributed by atoms with Crippen molar-refractivity contribution in [3.63, 3.8) is 0 Å². The second-order valence-corrected chi connectivity index (χ2v) is 4.12. The van der Waals surface area contributed by atoms with E-state index >= 15 is 0 Å². The first-order chi connectivity index (χ1) is 6.66. The average Bonchev–Trinajstić information content (AvgIpc) is 2.32. The summed E-state index contributed by atoms with van der Waals surface area (Å²) in [7, 11) is 0. The van der Waals surface area contributed by atoms with Gasteiger partial charge in [-0.1, -0.05) is 0 Å². The van der Waals surface area contributed by atoms with E-state index in [1.54, 1.807) is 0 Å². The Hall–Kier alpha value is -0.810. The van der Waals surface area contributed by atoms with E-state index in [1.165, 1.54) is 4.90 Å². The molecule has 0 aromatic carbocycles. The summed E-state index contributed by atoms with van der Waals surface area (Å²) in [4.78, 5) is 14.5. The minimum atomic E-state index is -0.840. The van der Waals surface area contributed by atoms with E-state index in [9.17, 15) is 9.90 Å². The van der Waals surface area contributed by atoms with Crippen LogP contribution in [0.2, 0.25) is 0 Å². The molecule has 0 aromatic rings. The average molecular weight is 200 g/mol. The second kappa shape index (κ2) is 3.74. The zero-order chi connectivity index (χ0) is 10.1. The summed E-state index contributed by atoms with van der Waals surface area (Å²) >= 11 is 0. The fourth-order valence-electron chi connectivity index (χ4n) is 2.41. The summed E-state index contributed by atoms with van der Waals surface area (Å²) in [5.41, 5.74) is 0. The lowest BCUT2D eigenvalue weighted by molar-refractivity contribution is 0.139. The van der Waals surface area contributed by atoms with Crippen molar-refractivity contribution in [3.8, 4) is 0 Å². The minimum absolute atomic E-state index is 0.226. The van der Waals surface area contributed by atoms with Crippen LogP contribution >= 0.6 is 0 Å². The van der Waals surface area contributed by atoms with E-state index in [1.807, 2.05) is 0 Å². The Bertz CT molecular complexity index is 234. The van der Waals surface area contributed by atoms with Crippen LogP contribution in [0.4, 0.5) is 4.79 Å². The van der Waals surface area contributed by atoms with Gasteiger partial charge in [0, 0.05) is 32.2 Å². The van der Waals surface area contributed by atoms with E-state index in [4.69, 9.17) is 5.11 Å². The Balaban J connectivity index is 2.01. The molecule has 2 saturated heterocycles. The van der Waals surface area contributed by atoms with Crippen molar-refractivity contribution in [1.29, 1.82) is 0 Å². The van der Waals surface area contributed by atoms with E-state index in [2.05, 4.69) is 4.90 Å². The van der Waals surface area contributed by atoms with Crippen molar-refractivity contribution in [2.75, 3.05) is 26.2 Å². The second-order valence-electron chi connectivity index (χ2n) is 4.12. The van der Waals surface area contributed by atoms with Crippen LogP contribution in [0.3, 0.4) is 0 Å². The fourth-order valence-corrected chi connectivity index (χ4v) is 2.41. The molecular formula is C9H16N2O3.